The Morgan fingerprint density at radius 1 is 1.53 bits per heavy atom. The number of benzene rings is 1. The fourth-order valence-corrected chi connectivity index (χ4v) is 2.83. The normalized spacial score (nSPS) is 21.1. The van der Waals surface area contributed by atoms with Crippen LogP contribution in [0.1, 0.15) is 37.9 Å². The minimum Gasteiger partial charge on any atom is -0.492 e. The van der Waals surface area contributed by atoms with Crippen molar-refractivity contribution in [3.8, 4) is 5.75 Å². The number of halogens is 1. The number of ether oxygens (including phenoxy) is 2. The molecule has 4 heteroatoms. The van der Waals surface area contributed by atoms with E-state index in [1.807, 2.05) is 18.2 Å². The molecule has 1 aromatic rings. The van der Waals surface area contributed by atoms with Crippen molar-refractivity contribution in [3.63, 3.8) is 0 Å². The quantitative estimate of drug-likeness (QED) is 0.895. The van der Waals surface area contributed by atoms with Crippen LogP contribution < -0.4 is 4.74 Å². The molecule has 1 aliphatic rings. The number of aliphatic hydroxyl groups is 1. The molecule has 0 amide bonds. The van der Waals surface area contributed by atoms with Gasteiger partial charge in [-0.3, -0.25) is 0 Å². The zero-order chi connectivity index (χ0) is 13.7. The summed E-state index contributed by atoms with van der Waals surface area (Å²) < 4.78 is 11.9. The second-order valence-corrected chi connectivity index (χ2v) is 5.81. The van der Waals surface area contributed by atoms with Crippen LogP contribution in [0.25, 0.3) is 0 Å². The third-order valence-electron chi connectivity index (χ3n) is 3.40. The lowest BCUT2D eigenvalue weighted by molar-refractivity contribution is -0.00999. The van der Waals surface area contributed by atoms with E-state index in [0.717, 1.165) is 41.7 Å². The Morgan fingerprint density at radius 2 is 2.37 bits per heavy atom. The molecule has 0 bridgehead atoms. The Balaban J connectivity index is 2.05. The highest BCUT2D eigenvalue weighted by molar-refractivity contribution is 9.10. The first-order valence-corrected chi connectivity index (χ1v) is 7.69. The molecule has 1 saturated heterocycles. The first-order valence-electron chi connectivity index (χ1n) is 6.90. The van der Waals surface area contributed by atoms with Gasteiger partial charge in [0.1, 0.15) is 5.75 Å². The third-order valence-corrected chi connectivity index (χ3v) is 4.02. The molecule has 1 aliphatic heterocycles. The average Bonchev–Trinajstić information content (AvgIpc) is 2.46. The van der Waals surface area contributed by atoms with Crippen molar-refractivity contribution >= 4 is 15.9 Å². The van der Waals surface area contributed by atoms with Crippen LogP contribution in [0.15, 0.2) is 22.7 Å². The summed E-state index contributed by atoms with van der Waals surface area (Å²) in [4.78, 5) is 0. The van der Waals surface area contributed by atoms with Gasteiger partial charge in [0.15, 0.2) is 0 Å². The fourth-order valence-electron chi connectivity index (χ4n) is 2.32. The van der Waals surface area contributed by atoms with Gasteiger partial charge < -0.3 is 14.6 Å². The van der Waals surface area contributed by atoms with Gasteiger partial charge in [-0.15, -0.1) is 0 Å². The van der Waals surface area contributed by atoms with E-state index in [1.165, 1.54) is 0 Å². The van der Waals surface area contributed by atoms with E-state index >= 15 is 0 Å². The van der Waals surface area contributed by atoms with Crippen molar-refractivity contribution in [2.24, 2.45) is 5.92 Å². The number of hydrogen-bond donors (Lipinski definition) is 1. The molecule has 0 aromatic heterocycles. The van der Waals surface area contributed by atoms with Crippen LogP contribution in [0, 0.1) is 5.92 Å². The van der Waals surface area contributed by atoms with Gasteiger partial charge in [-0.25, -0.2) is 0 Å². The lowest BCUT2D eigenvalue weighted by Gasteiger charge is -2.27. The summed E-state index contributed by atoms with van der Waals surface area (Å²) in [6, 6.07) is 5.81. The topological polar surface area (TPSA) is 38.7 Å². The van der Waals surface area contributed by atoms with Gasteiger partial charge in [0.05, 0.1) is 23.8 Å². The summed E-state index contributed by atoms with van der Waals surface area (Å²) in [5.74, 6) is 1.03. The van der Waals surface area contributed by atoms with E-state index < -0.39 is 6.10 Å². The molecule has 2 atom stereocenters. The largest absolute Gasteiger partial charge is 0.492 e. The van der Waals surface area contributed by atoms with Gasteiger partial charge in [0.25, 0.3) is 0 Å². The number of rotatable bonds is 5. The zero-order valence-corrected chi connectivity index (χ0v) is 12.9. The van der Waals surface area contributed by atoms with Gasteiger partial charge in [-0.1, -0.05) is 13.0 Å². The van der Waals surface area contributed by atoms with Crippen molar-refractivity contribution in [3.05, 3.63) is 28.2 Å². The van der Waals surface area contributed by atoms with E-state index in [1.54, 1.807) is 0 Å². The average molecular weight is 329 g/mol. The van der Waals surface area contributed by atoms with Crippen molar-refractivity contribution in [1.29, 1.82) is 0 Å². The summed E-state index contributed by atoms with van der Waals surface area (Å²) in [7, 11) is 0. The van der Waals surface area contributed by atoms with E-state index in [4.69, 9.17) is 9.47 Å². The van der Waals surface area contributed by atoms with E-state index in [-0.39, 0.29) is 5.92 Å². The summed E-state index contributed by atoms with van der Waals surface area (Å²) >= 11 is 3.50. The first-order chi connectivity index (χ1) is 9.22. The molecule has 0 aliphatic carbocycles. The second kappa shape index (κ2) is 7.27. The summed E-state index contributed by atoms with van der Waals surface area (Å²) in [5.41, 5.74) is 0.922. The van der Waals surface area contributed by atoms with Crippen LogP contribution in [0.3, 0.4) is 0 Å². The third kappa shape index (κ3) is 3.94. The molecule has 19 heavy (non-hydrogen) atoms. The summed E-state index contributed by atoms with van der Waals surface area (Å²) in [6.45, 7) is 4.25. The molecule has 1 N–H and O–H groups in total. The fraction of sp³-hybridized carbons (Fsp3) is 0.600. The SMILES string of the molecule is CCCOc1ccc(C(O)C2CCCOC2)cc1Br. The van der Waals surface area contributed by atoms with Gasteiger partial charge in [-0.05, 0) is 52.9 Å². The van der Waals surface area contributed by atoms with Crippen LogP contribution in [0.4, 0.5) is 0 Å². The lowest BCUT2D eigenvalue weighted by atomic mass is 9.91. The minimum atomic E-state index is -0.461. The molecule has 0 spiro atoms. The van der Waals surface area contributed by atoms with Crippen LogP contribution in [0.2, 0.25) is 0 Å². The van der Waals surface area contributed by atoms with Crippen LogP contribution in [-0.2, 0) is 4.74 Å². The Hall–Kier alpha value is -0.580. The summed E-state index contributed by atoms with van der Waals surface area (Å²) in [6.07, 6.45) is 2.57. The number of aliphatic hydroxyl groups excluding tert-OH is 1. The van der Waals surface area contributed by atoms with E-state index in [0.29, 0.717) is 13.2 Å². The predicted molar refractivity (Wildman–Crippen MR) is 78.4 cm³/mol. The molecule has 2 unspecified atom stereocenters. The molecule has 1 aromatic carbocycles. The Morgan fingerprint density at radius 3 is 3.00 bits per heavy atom. The Labute approximate surface area is 123 Å². The van der Waals surface area contributed by atoms with Crippen molar-refractivity contribution in [2.75, 3.05) is 19.8 Å². The highest BCUT2D eigenvalue weighted by atomic mass is 79.9. The molecular weight excluding hydrogens is 308 g/mol. The molecular formula is C15H21BrO3. The van der Waals surface area contributed by atoms with Crippen LogP contribution in [-0.4, -0.2) is 24.9 Å². The predicted octanol–water partition coefficient (Wildman–Crippen LogP) is 3.70. The monoisotopic (exact) mass is 328 g/mol. The van der Waals surface area contributed by atoms with Gasteiger partial charge in [0.2, 0.25) is 0 Å². The standard InChI is InChI=1S/C15H21BrO3/c1-2-7-19-14-6-5-11(9-13(14)16)15(17)12-4-3-8-18-10-12/h5-6,9,12,15,17H,2-4,7-8,10H2,1H3. The van der Waals surface area contributed by atoms with Crippen molar-refractivity contribution < 1.29 is 14.6 Å². The molecule has 0 saturated carbocycles. The highest BCUT2D eigenvalue weighted by Gasteiger charge is 2.24. The van der Waals surface area contributed by atoms with Crippen LogP contribution >= 0.6 is 15.9 Å². The van der Waals surface area contributed by atoms with E-state index in [9.17, 15) is 5.11 Å². The molecule has 0 radical (unpaired) electrons. The maximum Gasteiger partial charge on any atom is 0.133 e. The second-order valence-electron chi connectivity index (χ2n) is 4.96. The van der Waals surface area contributed by atoms with E-state index in [2.05, 4.69) is 22.9 Å². The van der Waals surface area contributed by atoms with Gasteiger partial charge in [0, 0.05) is 12.5 Å². The van der Waals surface area contributed by atoms with Gasteiger partial charge in [-0.2, -0.15) is 0 Å². The maximum absolute atomic E-state index is 10.4. The van der Waals surface area contributed by atoms with Gasteiger partial charge >= 0.3 is 0 Å². The van der Waals surface area contributed by atoms with Crippen LogP contribution in [0.5, 0.6) is 5.75 Å². The number of hydrogen-bond acceptors (Lipinski definition) is 3. The van der Waals surface area contributed by atoms with Crippen molar-refractivity contribution in [2.45, 2.75) is 32.3 Å². The molecule has 3 nitrogen and oxygen atoms in total. The summed E-state index contributed by atoms with van der Waals surface area (Å²) in [5, 5.41) is 10.4. The maximum atomic E-state index is 10.4. The minimum absolute atomic E-state index is 0.197. The smallest absolute Gasteiger partial charge is 0.133 e. The molecule has 106 valence electrons. The molecule has 1 fully saturated rings. The Bertz CT molecular complexity index is 402. The molecule has 1 heterocycles. The highest BCUT2D eigenvalue weighted by Crippen LogP contribution is 2.33. The van der Waals surface area contributed by atoms with Crippen molar-refractivity contribution in [1.82, 2.24) is 0 Å². The molecule has 2 rings (SSSR count). The first kappa shape index (κ1) is 14.8. The zero-order valence-electron chi connectivity index (χ0n) is 11.3. The Kier molecular flexibility index (Phi) is 5.67. The lowest BCUT2D eigenvalue weighted by Crippen LogP contribution is -2.23.